The maximum absolute atomic E-state index is 12.4. The summed E-state index contributed by atoms with van der Waals surface area (Å²) < 4.78 is 5.71. The molecule has 0 aliphatic heterocycles. The number of carbonyl (C=O) groups is 2. The van der Waals surface area contributed by atoms with E-state index in [0.29, 0.717) is 42.1 Å². The predicted octanol–water partition coefficient (Wildman–Crippen LogP) is 2.61. The molecule has 9 nitrogen and oxygen atoms in total. The van der Waals surface area contributed by atoms with Crippen molar-refractivity contribution in [3.63, 3.8) is 0 Å². The van der Waals surface area contributed by atoms with E-state index in [1.165, 1.54) is 0 Å². The lowest BCUT2D eigenvalue weighted by molar-refractivity contribution is -0.131. The zero-order valence-electron chi connectivity index (χ0n) is 17.1. The molecule has 2 aromatic carbocycles. The largest absolute Gasteiger partial charge is 0.494 e. The van der Waals surface area contributed by atoms with Gasteiger partial charge in [0.1, 0.15) is 5.75 Å². The molecule has 0 atom stereocenters. The zero-order chi connectivity index (χ0) is 22.9. The number of nitrogens with one attached hydrogen (secondary N) is 2. The molecule has 0 aliphatic carbocycles. The second-order valence-electron chi connectivity index (χ2n) is 6.78. The fraction of sp³-hybridized carbons (Fsp3) is 0.130. The van der Waals surface area contributed by atoms with E-state index in [-0.39, 0.29) is 11.5 Å². The number of anilines is 2. The molecule has 1 amide bonds. The highest BCUT2D eigenvalue weighted by molar-refractivity contribution is 6.02. The van der Waals surface area contributed by atoms with Crippen LogP contribution in [0.15, 0.2) is 71.5 Å². The van der Waals surface area contributed by atoms with Gasteiger partial charge in [-0.1, -0.05) is 30.3 Å². The number of rotatable bonds is 9. The van der Waals surface area contributed by atoms with E-state index in [1.807, 2.05) is 30.3 Å². The summed E-state index contributed by atoms with van der Waals surface area (Å²) in [4.78, 5) is 41.3. The first-order chi connectivity index (χ1) is 15.4. The van der Waals surface area contributed by atoms with Gasteiger partial charge in [0.2, 0.25) is 11.9 Å². The number of carbonyl (C=O) groups excluding carboxylic acids is 1. The van der Waals surface area contributed by atoms with E-state index in [4.69, 9.17) is 15.6 Å². The van der Waals surface area contributed by atoms with E-state index in [1.54, 1.807) is 24.3 Å². The number of nitrogens with two attached hydrogens (primary N) is 1. The Morgan fingerprint density at radius 1 is 1.09 bits per heavy atom. The van der Waals surface area contributed by atoms with Crippen molar-refractivity contribution in [3.05, 3.63) is 82.7 Å². The Kier molecular flexibility index (Phi) is 7.37. The molecule has 0 fully saturated rings. The molecule has 5 N–H and O–H groups in total. The number of nitrogens with zero attached hydrogens (tertiary/aromatic N) is 1. The average molecular weight is 434 g/mol. The molecule has 0 spiro atoms. The molecule has 3 aromatic rings. The number of aliphatic carboxylic acids is 1. The van der Waals surface area contributed by atoms with Gasteiger partial charge in [-0.3, -0.25) is 14.6 Å². The van der Waals surface area contributed by atoms with Gasteiger partial charge < -0.3 is 20.9 Å². The lowest BCUT2D eigenvalue weighted by Gasteiger charge is -2.10. The maximum atomic E-state index is 12.4. The number of carboxylic acids is 1. The molecule has 0 bridgehead atoms. The zero-order valence-corrected chi connectivity index (χ0v) is 17.1. The molecule has 0 aliphatic rings. The third kappa shape index (κ3) is 6.30. The van der Waals surface area contributed by atoms with Crippen molar-refractivity contribution < 1.29 is 19.4 Å². The van der Waals surface area contributed by atoms with Gasteiger partial charge in [-0.05, 0) is 37.1 Å². The summed E-state index contributed by atoms with van der Waals surface area (Å²) in [6.45, 7) is 0.366. The summed E-state index contributed by atoms with van der Waals surface area (Å²) in [5.74, 6) is -1.08. The number of amides is 1. The minimum atomic E-state index is -1.20. The molecule has 1 heterocycles. The SMILES string of the molecule is Nc1nc(-c2ccccc2)c(CCCOc2ccc(NC(=O)/C=C/C(=O)O)cc2)c(=O)[nH]1. The van der Waals surface area contributed by atoms with Gasteiger partial charge in [0, 0.05) is 29.0 Å². The van der Waals surface area contributed by atoms with Crippen LogP contribution < -0.4 is 21.3 Å². The Morgan fingerprint density at radius 2 is 1.81 bits per heavy atom. The van der Waals surface area contributed by atoms with Crippen LogP contribution in [-0.4, -0.2) is 33.6 Å². The Morgan fingerprint density at radius 3 is 2.50 bits per heavy atom. The average Bonchev–Trinajstić information content (AvgIpc) is 2.78. The monoisotopic (exact) mass is 434 g/mol. The summed E-state index contributed by atoms with van der Waals surface area (Å²) in [5, 5.41) is 11.1. The minimum Gasteiger partial charge on any atom is -0.494 e. The van der Waals surface area contributed by atoms with Gasteiger partial charge in [-0.15, -0.1) is 0 Å². The predicted molar refractivity (Wildman–Crippen MR) is 120 cm³/mol. The van der Waals surface area contributed by atoms with Crippen molar-refractivity contribution in [2.24, 2.45) is 0 Å². The molecular formula is C23H22N4O5. The van der Waals surface area contributed by atoms with Gasteiger partial charge in [-0.25, -0.2) is 9.78 Å². The van der Waals surface area contributed by atoms with Crippen molar-refractivity contribution in [2.45, 2.75) is 12.8 Å². The molecule has 0 radical (unpaired) electrons. The summed E-state index contributed by atoms with van der Waals surface area (Å²) in [6, 6.07) is 16.0. The highest BCUT2D eigenvalue weighted by atomic mass is 16.5. The van der Waals surface area contributed by atoms with Crippen molar-refractivity contribution >= 4 is 23.5 Å². The van der Waals surface area contributed by atoms with E-state index < -0.39 is 11.9 Å². The third-order valence-corrected chi connectivity index (χ3v) is 4.42. The molecule has 164 valence electrons. The molecule has 0 unspecified atom stereocenters. The number of ether oxygens (including phenoxy) is 1. The van der Waals surface area contributed by atoms with Crippen LogP contribution in [0.2, 0.25) is 0 Å². The van der Waals surface area contributed by atoms with E-state index >= 15 is 0 Å². The molecule has 0 saturated carbocycles. The van der Waals surface area contributed by atoms with E-state index in [0.717, 1.165) is 17.7 Å². The van der Waals surface area contributed by atoms with Crippen LogP contribution in [-0.2, 0) is 16.0 Å². The third-order valence-electron chi connectivity index (χ3n) is 4.42. The molecule has 1 aromatic heterocycles. The second kappa shape index (κ2) is 10.6. The number of H-pyrrole nitrogens is 1. The van der Waals surface area contributed by atoms with Gasteiger partial charge in [0.25, 0.3) is 5.56 Å². The Labute approximate surface area is 183 Å². The molecule has 32 heavy (non-hydrogen) atoms. The van der Waals surface area contributed by atoms with Gasteiger partial charge in [0.15, 0.2) is 0 Å². The first-order valence-electron chi connectivity index (χ1n) is 9.81. The van der Waals surface area contributed by atoms with Crippen molar-refractivity contribution in [1.82, 2.24) is 9.97 Å². The van der Waals surface area contributed by atoms with Crippen LogP contribution in [0.5, 0.6) is 5.75 Å². The Bertz CT molecular complexity index is 1170. The van der Waals surface area contributed by atoms with Crippen LogP contribution in [0.1, 0.15) is 12.0 Å². The number of hydrogen-bond acceptors (Lipinski definition) is 6. The summed E-state index contributed by atoms with van der Waals surface area (Å²) in [6.07, 6.45) is 2.73. The smallest absolute Gasteiger partial charge is 0.328 e. The minimum absolute atomic E-state index is 0.0690. The van der Waals surface area contributed by atoms with Crippen LogP contribution in [0.25, 0.3) is 11.3 Å². The van der Waals surface area contributed by atoms with Crippen molar-refractivity contribution in [1.29, 1.82) is 0 Å². The normalized spacial score (nSPS) is 10.8. The highest BCUT2D eigenvalue weighted by Crippen LogP contribution is 2.21. The second-order valence-corrected chi connectivity index (χ2v) is 6.78. The van der Waals surface area contributed by atoms with Gasteiger partial charge in [-0.2, -0.15) is 0 Å². The summed E-state index contributed by atoms with van der Waals surface area (Å²) in [7, 11) is 0. The van der Waals surface area contributed by atoms with Crippen LogP contribution in [0, 0.1) is 0 Å². The van der Waals surface area contributed by atoms with Gasteiger partial charge >= 0.3 is 5.97 Å². The lowest BCUT2D eigenvalue weighted by atomic mass is 10.0. The Balaban J connectivity index is 1.56. The number of aromatic amines is 1. The maximum Gasteiger partial charge on any atom is 0.328 e. The molecule has 3 rings (SSSR count). The molecule has 9 heteroatoms. The quantitative estimate of drug-likeness (QED) is 0.299. The molecule has 0 saturated heterocycles. The first-order valence-corrected chi connectivity index (χ1v) is 9.81. The number of benzene rings is 2. The number of hydrogen-bond donors (Lipinski definition) is 4. The van der Waals surface area contributed by atoms with Crippen LogP contribution >= 0.6 is 0 Å². The first kappa shape index (κ1) is 22.3. The number of carboxylic acid groups (broad SMARTS) is 1. The topological polar surface area (TPSA) is 147 Å². The fourth-order valence-electron chi connectivity index (χ4n) is 2.99. The van der Waals surface area contributed by atoms with E-state index in [2.05, 4.69) is 15.3 Å². The molecular weight excluding hydrogens is 412 g/mol. The van der Waals surface area contributed by atoms with E-state index in [9.17, 15) is 14.4 Å². The van der Waals surface area contributed by atoms with Crippen molar-refractivity contribution in [2.75, 3.05) is 17.7 Å². The van der Waals surface area contributed by atoms with Crippen LogP contribution in [0.4, 0.5) is 11.6 Å². The van der Waals surface area contributed by atoms with Crippen LogP contribution in [0.3, 0.4) is 0 Å². The number of nitrogen functional groups attached to an aromatic ring is 1. The fourth-order valence-corrected chi connectivity index (χ4v) is 2.99. The standard InChI is InChI=1S/C23H22N4O5/c24-23-26-21(15-5-2-1-3-6-15)18(22(31)27-23)7-4-14-32-17-10-8-16(9-11-17)25-19(28)12-13-20(29)30/h1-3,5-6,8-13H,4,7,14H2,(H,25,28)(H,29,30)(H3,24,26,27,31)/b13-12+. The Hall–Kier alpha value is -4.40. The highest BCUT2D eigenvalue weighted by Gasteiger charge is 2.12. The summed E-state index contributed by atoms with van der Waals surface area (Å²) in [5.41, 5.74) is 7.87. The number of aromatic nitrogens is 2. The summed E-state index contributed by atoms with van der Waals surface area (Å²) >= 11 is 0. The lowest BCUT2D eigenvalue weighted by Crippen LogP contribution is -2.19. The van der Waals surface area contributed by atoms with Crippen molar-refractivity contribution in [3.8, 4) is 17.0 Å². The van der Waals surface area contributed by atoms with Gasteiger partial charge in [0.05, 0.1) is 12.3 Å².